The summed E-state index contributed by atoms with van der Waals surface area (Å²) in [4.78, 5) is 34.3. The van der Waals surface area contributed by atoms with Crippen LogP contribution in [-0.4, -0.2) is 38.2 Å². The molecule has 7 nitrogen and oxygen atoms in total. The van der Waals surface area contributed by atoms with Crippen LogP contribution < -0.4 is 15.4 Å². The Morgan fingerprint density at radius 3 is 2.62 bits per heavy atom. The molecule has 2 N–H and O–H groups in total. The Hall–Kier alpha value is -2.28. The fourth-order valence-electron chi connectivity index (χ4n) is 1.42. The largest absolute Gasteiger partial charge is 0.496 e. The minimum Gasteiger partial charge on any atom is -0.496 e. The van der Waals surface area contributed by atoms with Crippen LogP contribution in [0.1, 0.15) is 17.3 Å². The summed E-state index contributed by atoms with van der Waals surface area (Å²) in [5, 5.41) is 4.71. The van der Waals surface area contributed by atoms with Crippen molar-refractivity contribution < 1.29 is 23.9 Å². The zero-order valence-electron chi connectivity index (χ0n) is 11.6. The van der Waals surface area contributed by atoms with Crippen molar-refractivity contribution in [3.8, 4) is 5.75 Å². The van der Waals surface area contributed by atoms with Crippen LogP contribution in [-0.2, 0) is 9.53 Å². The number of rotatable bonds is 5. The number of hydrogen-bond donors (Lipinski definition) is 2. The highest BCUT2D eigenvalue weighted by atomic mass is 35.5. The minimum absolute atomic E-state index is 0.0933. The lowest BCUT2D eigenvalue weighted by molar-refractivity contribution is -0.123. The standard InChI is InChI=1S/C13H15ClN2O5/c1-3-15-13(19)16-11(17)7-21-12(18)9-6-8(14)4-5-10(9)20-2/h4-6H,3,7H2,1-2H3,(H2,15,16,17,19). The van der Waals surface area contributed by atoms with Gasteiger partial charge in [-0.2, -0.15) is 0 Å². The first-order chi connectivity index (χ1) is 9.97. The number of ether oxygens (including phenoxy) is 2. The predicted octanol–water partition coefficient (Wildman–Crippen LogP) is 1.35. The summed E-state index contributed by atoms with van der Waals surface area (Å²) < 4.78 is 9.80. The van der Waals surface area contributed by atoms with E-state index in [-0.39, 0.29) is 11.3 Å². The van der Waals surface area contributed by atoms with E-state index in [1.54, 1.807) is 13.0 Å². The molecule has 0 saturated heterocycles. The molecule has 0 aliphatic heterocycles. The van der Waals surface area contributed by atoms with Crippen molar-refractivity contribution in [3.63, 3.8) is 0 Å². The van der Waals surface area contributed by atoms with E-state index in [0.29, 0.717) is 11.6 Å². The number of nitrogens with one attached hydrogen (secondary N) is 2. The van der Waals surface area contributed by atoms with Gasteiger partial charge in [-0.1, -0.05) is 11.6 Å². The van der Waals surface area contributed by atoms with Crippen molar-refractivity contribution in [1.29, 1.82) is 0 Å². The van der Waals surface area contributed by atoms with E-state index < -0.39 is 24.5 Å². The maximum atomic E-state index is 11.9. The summed E-state index contributed by atoms with van der Waals surface area (Å²) in [7, 11) is 1.39. The van der Waals surface area contributed by atoms with Crippen LogP contribution in [0.15, 0.2) is 18.2 Å². The van der Waals surface area contributed by atoms with Gasteiger partial charge in [0.05, 0.1) is 7.11 Å². The van der Waals surface area contributed by atoms with Crippen molar-refractivity contribution in [2.24, 2.45) is 0 Å². The molecule has 0 aliphatic carbocycles. The lowest BCUT2D eigenvalue weighted by atomic mass is 10.2. The fraction of sp³-hybridized carbons (Fsp3) is 0.308. The summed E-state index contributed by atoms with van der Waals surface area (Å²) >= 11 is 5.79. The highest BCUT2D eigenvalue weighted by Gasteiger charge is 2.16. The number of hydrogen-bond acceptors (Lipinski definition) is 5. The molecule has 3 amide bonds. The molecule has 21 heavy (non-hydrogen) atoms. The average Bonchev–Trinajstić information content (AvgIpc) is 2.44. The van der Waals surface area contributed by atoms with E-state index in [1.165, 1.54) is 19.2 Å². The maximum absolute atomic E-state index is 11.9. The van der Waals surface area contributed by atoms with Gasteiger partial charge in [-0.3, -0.25) is 10.1 Å². The molecule has 0 fully saturated rings. The van der Waals surface area contributed by atoms with Crippen LogP contribution in [0.2, 0.25) is 5.02 Å². The van der Waals surface area contributed by atoms with E-state index in [1.807, 2.05) is 5.32 Å². The van der Waals surface area contributed by atoms with Crippen molar-refractivity contribution in [2.75, 3.05) is 20.3 Å². The Balaban J connectivity index is 2.60. The van der Waals surface area contributed by atoms with Gasteiger partial charge in [0.25, 0.3) is 5.91 Å². The molecule has 0 unspecified atom stereocenters. The number of imide groups is 1. The van der Waals surface area contributed by atoms with Gasteiger partial charge in [0, 0.05) is 11.6 Å². The number of carbonyl (C=O) groups is 3. The van der Waals surface area contributed by atoms with E-state index in [4.69, 9.17) is 21.1 Å². The Morgan fingerprint density at radius 1 is 1.29 bits per heavy atom. The molecule has 0 bridgehead atoms. The number of benzene rings is 1. The molecule has 0 atom stereocenters. The topological polar surface area (TPSA) is 93.7 Å². The smallest absolute Gasteiger partial charge is 0.342 e. The molecular weight excluding hydrogens is 300 g/mol. The number of esters is 1. The molecule has 0 aliphatic rings. The van der Waals surface area contributed by atoms with Gasteiger partial charge in [-0.05, 0) is 25.1 Å². The lowest BCUT2D eigenvalue weighted by Gasteiger charge is -2.09. The third kappa shape index (κ3) is 5.31. The van der Waals surface area contributed by atoms with Gasteiger partial charge in [-0.25, -0.2) is 9.59 Å². The van der Waals surface area contributed by atoms with E-state index in [9.17, 15) is 14.4 Å². The first-order valence-electron chi connectivity index (χ1n) is 6.06. The molecule has 1 aromatic rings. The Morgan fingerprint density at radius 2 is 2.00 bits per heavy atom. The molecule has 114 valence electrons. The maximum Gasteiger partial charge on any atom is 0.342 e. The Kier molecular flexibility index (Phi) is 6.48. The number of amides is 3. The molecule has 0 saturated carbocycles. The second kappa shape index (κ2) is 8.11. The van der Waals surface area contributed by atoms with Crippen LogP contribution in [0, 0.1) is 0 Å². The molecule has 0 heterocycles. The van der Waals surface area contributed by atoms with Crippen LogP contribution >= 0.6 is 11.6 Å². The van der Waals surface area contributed by atoms with Crippen LogP contribution in [0.25, 0.3) is 0 Å². The van der Waals surface area contributed by atoms with Gasteiger partial charge >= 0.3 is 12.0 Å². The van der Waals surface area contributed by atoms with Gasteiger partial charge < -0.3 is 14.8 Å². The highest BCUT2D eigenvalue weighted by Crippen LogP contribution is 2.23. The van der Waals surface area contributed by atoms with E-state index >= 15 is 0 Å². The first-order valence-corrected chi connectivity index (χ1v) is 6.44. The second-order valence-corrected chi connectivity index (χ2v) is 4.26. The zero-order chi connectivity index (χ0) is 15.8. The van der Waals surface area contributed by atoms with Gasteiger partial charge in [0.2, 0.25) is 0 Å². The monoisotopic (exact) mass is 314 g/mol. The van der Waals surface area contributed by atoms with E-state index in [0.717, 1.165) is 0 Å². The molecule has 0 spiro atoms. The van der Waals surface area contributed by atoms with Crippen LogP contribution in [0.3, 0.4) is 0 Å². The van der Waals surface area contributed by atoms with Gasteiger partial charge in [0.15, 0.2) is 6.61 Å². The SMILES string of the molecule is CCNC(=O)NC(=O)COC(=O)c1cc(Cl)ccc1OC. The molecule has 1 rings (SSSR count). The Labute approximate surface area is 126 Å². The predicted molar refractivity (Wildman–Crippen MR) is 75.5 cm³/mol. The molecule has 0 aromatic heterocycles. The molecular formula is C13H15ClN2O5. The van der Waals surface area contributed by atoms with Crippen LogP contribution in [0.4, 0.5) is 4.79 Å². The third-order valence-electron chi connectivity index (χ3n) is 2.31. The normalized spacial score (nSPS) is 9.67. The highest BCUT2D eigenvalue weighted by molar-refractivity contribution is 6.31. The second-order valence-electron chi connectivity index (χ2n) is 3.83. The van der Waals surface area contributed by atoms with E-state index in [2.05, 4.69) is 5.32 Å². The quantitative estimate of drug-likeness (QED) is 0.800. The number of halogens is 1. The Bertz CT molecular complexity index is 547. The minimum atomic E-state index is -0.777. The van der Waals surface area contributed by atoms with Crippen molar-refractivity contribution in [1.82, 2.24) is 10.6 Å². The number of urea groups is 1. The third-order valence-corrected chi connectivity index (χ3v) is 2.54. The van der Waals surface area contributed by atoms with Gasteiger partial charge in [0.1, 0.15) is 11.3 Å². The van der Waals surface area contributed by atoms with Crippen molar-refractivity contribution in [2.45, 2.75) is 6.92 Å². The van der Waals surface area contributed by atoms with Gasteiger partial charge in [-0.15, -0.1) is 0 Å². The van der Waals surface area contributed by atoms with Crippen LogP contribution in [0.5, 0.6) is 5.75 Å². The van der Waals surface area contributed by atoms with Crippen molar-refractivity contribution in [3.05, 3.63) is 28.8 Å². The molecule has 8 heteroatoms. The van der Waals surface area contributed by atoms with Crippen molar-refractivity contribution >= 4 is 29.5 Å². The summed E-state index contributed by atoms with van der Waals surface area (Å²) in [5.41, 5.74) is 0.0933. The lowest BCUT2D eigenvalue weighted by Crippen LogP contribution is -2.41. The zero-order valence-corrected chi connectivity index (χ0v) is 12.3. The summed E-state index contributed by atoms with van der Waals surface area (Å²) in [5.74, 6) is -1.25. The molecule has 0 radical (unpaired) electrons. The summed E-state index contributed by atoms with van der Waals surface area (Å²) in [6, 6.07) is 3.77. The summed E-state index contributed by atoms with van der Waals surface area (Å²) in [6.07, 6.45) is 0. The number of methoxy groups -OCH3 is 1. The summed E-state index contributed by atoms with van der Waals surface area (Å²) in [6.45, 7) is 1.49. The molecule has 1 aromatic carbocycles. The fourth-order valence-corrected chi connectivity index (χ4v) is 1.59. The average molecular weight is 315 g/mol. The first kappa shape index (κ1) is 16.8. The number of carbonyl (C=O) groups excluding carboxylic acids is 3.